The van der Waals surface area contributed by atoms with E-state index in [9.17, 15) is 0 Å². The van der Waals surface area contributed by atoms with E-state index in [4.69, 9.17) is 4.74 Å². The van der Waals surface area contributed by atoms with Crippen molar-refractivity contribution in [2.75, 3.05) is 13.2 Å². The van der Waals surface area contributed by atoms with Crippen molar-refractivity contribution in [3.63, 3.8) is 0 Å². The Kier molecular flexibility index (Phi) is 5.43. The molecule has 0 radical (unpaired) electrons. The monoisotopic (exact) mass is 192 g/mol. The summed E-state index contributed by atoms with van der Waals surface area (Å²) < 4.78 is 5.00. The lowest BCUT2D eigenvalue weighted by Gasteiger charge is -2.03. The SMILES string of the molecule is C=COCCCNCc1cccnc1. The summed E-state index contributed by atoms with van der Waals surface area (Å²) >= 11 is 0. The molecule has 3 heteroatoms. The Morgan fingerprint density at radius 2 is 2.50 bits per heavy atom. The highest BCUT2D eigenvalue weighted by atomic mass is 16.5. The lowest BCUT2D eigenvalue weighted by Crippen LogP contribution is -2.15. The fraction of sp³-hybridized carbons (Fsp3) is 0.364. The van der Waals surface area contributed by atoms with Crippen molar-refractivity contribution < 1.29 is 4.74 Å². The molecule has 0 fully saturated rings. The van der Waals surface area contributed by atoms with Crippen LogP contribution in [0.2, 0.25) is 0 Å². The number of rotatable bonds is 7. The maximum atomic E-state index is 5.00. The molecule has 0 spiro atoms. The summed E-state index contributed by atoms with van der Waals surface area (Å²) in [6, 6.07) is 4.00. The summed E-state index contributed by atoms with van der Waals surface area (Å²) in [5, 5.41) is 3.31. The summed E-state index contributed by atoms with van der Waals surface area (Å²) in [7, 11) is 0. The van der Waals surface area contributed by atoms with Gasteiger partial charge in [0.25, 0.3) is 0 Å². The van der Waals surface area contributed by atoms with Crippen LogP contribution in [0.3, 0.4) is 0 Å². The number of ether oxygens (including phenoxy) is 1. The van der Waals surface area contributed by atoms with E-state index in [0.717, 1.165) is 26.1 Å². The average molecular weight is 192 g/mol. The molecule has 14 heavy (non-hydrogen) atoms. The summed E-state index contributed by atoms with van der Waals surface area (Å²) in [5.74, 6) is 0. The molecule has 3 nitrogen and oxygen atoms in total. The third-order valence-electron chi connectivity index (χ3n) is 1.79. The topological polar surface area (TPSA) is 34.1 Å². The third-order valence-corrected chi connectivity index (χ3v) is 1.79. The van der Waals surface area contributed by atoms with Crippen molar-refractivity contribution >= 4 is 0 Å². The minimum absolute atomic E-state index is 0.726. The number of aromatic nitrogens is 1. The molecule has 0 unspecified atom stereocenters. The van der Waals surface area contributed by atoms with E-state index >= 15 is 0 Å². The van der Waals surface area contributed by atoms with E-state index in [2.05, 4.69) is 22.9 Å². The maximum Gasteiger partial charge on any atom is 0.0885 e. The second-order valence-corrected chi connectivity index (χ2v) is 2.93. The first-order valence-corrected chi connectivity index (χ1v) is 4.75. The molecule has 0 aromatic carbocycles. The van der Waals surface area contributed by atoms with Crippen LogP contribution in [-0.4, -0.2) is 18.1 Å². The molecule has 0 saturated carbocycles. The molecule has 1 heterocycles. The first-order chi connectivity index (χ1) is 6.93. The molecule has 0 amide bonds. The summed E-state index contributed by atoms with van der Waals surface area (Å²) in [4.78, 5) is 4.04. The standard InChI is InChI=1S/C11H16N2O/c1-2-14-8-4-7-13-10-11-5-3-6-12-9-11/h2-3,5-6,9,13H,1,4,7-8,10H2. The van der Waals surface area contributed by atoms with Crippen molar-refractivity contribution in [1.29, 1.82) is 0 Å². The van der Waals surface area contributed by atoms with Crippen LogP contribution in [-0.2, 0) is 11.3 Å². The second kappa shape index (κ2) is 7.09. The Balaban J connectivity index is 2.02. The lowest BCUT2D eigenvalue weighted by molar-refractivity contribution is 0.244. The van der Waals surface area contributed by atoms with Crippen LogP contribution in [0, 0.1) is 0 Å². The van der Waals surface area contributed by atoms with Crippen LogP contribution in [0.25, 0.3) is 0 Å². The number of hydrogen-bond donors (Lipinski definition) is 1. The predicted molar refractivity (Wildman–Crippen MR) is 56.7 cm³/mol. The molecule has 0 saturated heterocycles. The third kappa shape index (κ3) is 4.62. The minimum atomic E-state index is 0.726. The van der Waals surface area contributed by atoms with E-state index in [1.54, 1.807) is 6.20 Å². The van der Waals surface area contributed by atoms with E-state index in [1.165, 1.54) is 11.8 Å². The Bertz CT molecular complexity index is 249. The van der Waals surface area contributed by atoms with Crippen molar-refractivity contribution in [3.05, 3.63) is 42.9 Å². The zero-order valence-electron chi connectivity index (χ0n) is 8.28. The predicted octanol–water partition coefficient (Wildman–Crippen LogP) is 1.72. The summed E-state index contributed by atoms with van der Waals surface area (Å²) in [5.41, 5.74) is 1.21. The smallest absolute Gasteiger partial charge is 0.0885 e. The van der Waals surface area contributed by atoms with Gasteiger partial charge in [0, 0.05) is 18.9 Å². The molecule has 0 aliphatic carbocycles. The molecule has 0 aliphatic rings. The number of pyridine rings is 1. The molecule has 0 bridgehead atoms. The Morgan fingerprint density at radius 1 is 1.57 bits per heavy atom. The van der Waals surface area contributed by atoms with Gasteiger partial charge in [-0.05, 0) is 24.6 Å². The quantitative estimate of drug-likeness (QED) is 0.527. The van der Waals surface area contributed by atoms with Gasteiger partial charge >= 0.3 is 0 Å². The van der Waals surface area contributed by atoms with E-state index < -0.39 is 0 Å². The van der Waals surface area contributed by atoms with Gasteiger partial charge in [0.05, 0.1) is 12.9 Å². The first kappa shape index (κ1) is 10.7. The van der Waals surface area contributed by atoms with Crippen molar-refractivity contribution in [3.8, 4) is 0 Å². The Morgan fingerprint density at radius 3 is 3.21 bits per heavy atom. The Hall–Kier alpha value is -1.35. The minimum Gasteiger partial charge on any atom is -0.502 e. The zero-order chi connectivity index (χ0) is 10.1. The van der Waals surface area contributed by atoms with Crippen molar-refractivity contribution in [1.82, 2.24) is 10.3 Å². The number of nitrogens with zero attached hydrogens (tertiary/aromatic N) is 1. The molecule has 1 N–H and O–H groups in total. The largest absolute Gasteiger partial charge is 0.502 e. The van der Waals surface area contributed by atoms with Crippen molar-refractivity contribution in [2.45, 2.75) is 13.0 Å². The number of nitrogens with one attached hydrogen (secondary N) is 1. The highest BCUT2D eigenvalue weighted by Gasteiger charge is 1.90. The van der Waals surface area contributed by atoms with Gasteiger partial charge in [-0.25, -0.2) is 0 Å². The molecule has 76 valence electrons. The molecule has 1 rings (SSSR count). The fourth-order valence-corrected chi connectivity index (χ4v) is 1.10. The molecule has 0 atom stereocenters. The first-order valence-electron chi connectivity index (χ1n) is 4.75. The Labute approximate surface area is 84.8 Å². The highest BCUT2D eigenvalue weighted by Crippen LogP contribution is 1.94. The molecule has 1 aromatic heterocycles. The van der Waals surface area contributed by atoms with Gasteiger partial charge in [-0.1, -0.05) is 12.6 Å². The van der Waals surface area contributed by atoms with E-state index in [-0.39, 0.29) is 0 Å². The molecular formula is C11H16N2O. The van der Waals surface area contributed by atoms with Gasteiger partial charge in [-0.3, -0.25) is 4.98 Å². The zero-order valence-corrected chi connectivity index (χ0v) is 8.28. The van der Waals surface area contributed by atoms with Crippen LogP contribution >= 0.6 is 0 Å². The van der Waals surface area contributed by atoms with E-state index in [1.807, 2.05) is 12.3 Å². The van der Waals surface area contributed by atoms with Crippen LogP contribution in [0.15, 0.2) is 37.4 Å². The summed E-state index contributed by atoms with van der Waals surface area (Å²) in [6.45, 7) is 6.01. The average Bonchev–Trinajstić information content (AvgIpc) is 2.25. The summed E-state index contributed by atoms with van der Waals surface area (Å²) in [6.07, 6.45) is 6.11. The van der Waals surface area contributed by atoms with Crippen LogP contribution < -0.4 is 5.32 Å². The highest BCUT2D eigenvalue weighted by molar-refractivity contribution is 5.07. The van der Waals surface area contributed by atoms with Crippen LogP contribution in [0.5, 0.6) is 0 Å². The lowest BCUT2D eigenvalue weighted by atomic mass is 10.3. The van der Waals surface area contributed by atoms with E-state index in [0.29, 0.717) is 0 Å². The van der Waals surface area contributed by atoms with Gasteiger partial charge in [0.1, 0.15) is 0 Å². The molecule has 0 aliphatic heterocycles. The van der Waals surface area contributed by atoms with Gasteiger partial charge < -0.3 is 10.1 Å². The van der Waals surface area contributed by atoms with Crippen LogP contribution in [0.1, 0.15) is 12.0 Å². The van der Waals surface area contributed by atoms with Gasteiger partial charge in [-0.15, -0.1) is 0 Å². The van der Waals surface area contributed by atoms with Gasteiger partial charge in [0.2, 0.25) is 0 Å². The van der Waals surface area contributed by atoms with Crippen molar-refractivity contribution in [2.24, 2.45) is 0 Å². The molecule has 1 aromatic rings. The van der Waals surface area contributed by atoms with Gasteiger partial charge in [0.15, 0.2) is 0 Å². The van der Waals surface area contributed by atoms with Crippen LogP contribution in [0.4, 0.5) is 0 Å². The fourth-order valence-electron chi connectivity index (χ4n) is 1.10. The number of hydrogen-bond acceptors (Lipinski definition) is 3. The van der Waals surface area contributed by atoms with Gasteiger partial charge in [-0.2, -0.15) is 0 Å². The molecular weight excluding hydrogens is 176 g/mol. The maximum absolute atomic E-state index is 5.00. The normalized spacial score (nSPS) is 9.71. The second-order valence-electron chi connectivity index (χ2n) is 2.93.